The summed E-state index contributed by atoms with van der Waals surface area (Å²) in [5, 5.41) is 10.2. The summed E-state index contributed by atoms with van der Waals surface area (Å²) in [5.41, 5.74) is -0.595. The zero-order chi connectivity index (χ0) is 20.9. The number of carbonyl (C=O) groups excluding carboxylic acids is 1. The highest BCUT2D eigenvalue weighted by molar-refractivity contribution is 5.79. The number of alkyl halides is 3. The van der Waals surface area contributed by atoms with Crippen molar-refractivity contribution in [2.45, 2.75) is 25.4 Å². The molecular formula is C19H24F3NO4. The third-order valence-electron chi connectivity index (χ3n) is 3.55. The minimum atomic E-state index is -5.08. The number of ether oxygens (including phenoxy) is 1. The Hall–Kier alpha value is -2.61. The van der Waals surface area contributed by atoms with Crippen LogP contribution in [0.15, 0.2) is 55.6 Å². The van der Waals surface area contributed by atoms with Gasteiger partial charge in [0.05, 0.1) is 5.41 Å². The maximum atomic E-state index is 12.6. The van der Waals surface area contributed by atoms with Crippen molar-refractivity contribution in [1.29, 1.82) is 0 Å². The fourth-order valence-electron chi connectivity index (χ4n) is 2.18. The van der Waals surface area contributed by atoms with Gasteiger partial charge in [-0.2, -0.15) is 13.2 Å². The van der Waals surface area contributed by atoms with E-state index in [-0.39, 0.29) is 5.97 Å². The third kappa shape index (κ3) is 9.05. The minimum Gasteiger partial charge on any atom is -0.475 e. The first-order chi connectivity index (χ1) is 12.6. The van der Waals surface area contributed by atoms with Gasteiger partial charge in [0.2, 0.25) is 0 Å². The molecule has 1 aromatic carbocycles. The first-order valence-corrected chi connectivity index (χ1v) is 8.06. The van der Waals surface area contributed by atoms with Crippen LogP contribution in [0.2, 0.25) is 0 Å². The fourth-order valence-corrected chi connectivity index (χ4v) is 2.18. The number of allylic oxidation sites excluding steroid dienone is 2. The molecule has 0 aromatic heterocycles. The number of benzene rings is 1. The number of hydrogen-bond donors (Lipinski definition) is 2. The van der Waals surface area contributed by atoms with Gasteiger partial charge >= 0.3 is 18.1 Å². The molecule has 27 heavy (non-hydrogen) atoms. The number of para-hydroxylation sites is 1. The zero-order valence-corrected chi connectivity index (χ0v) is 15.1. The fraction of sp³-hybridized carbons (Fsp3) is 0.368. The summed E-state index contributed by atoms with van der Waals surface area (Å²) in [7, 11) is 1.87. The molecule has 8 heteroatoms. The van der Waals surface area contributed by atoms with E-state index in [0.29, 0.717) is 25.0 Å². The number of halogens is 3. The number of carbonyl (C=O) groups is 2. The Kier molecular flexibility index (Phi) is 10.7. The molecule has 2 N–H and O–H groups in total. The molecule has 0 fully saturated rings. The molecule has 0 amide bonds. The molecule has 5 nitrogen and oxygen atoms in total. The van der Waals surface area contributed by atoms with E-state index >= 15 is 0 Å². The normalized spacial score (nSPS) is 11.0. The number of rotatable bonds is 9. The van der Waals surface area contributed by atoms with Crippen molar-refractivity contribution >= 4 is 11.9 Å². The summed E-state index contributed by atoms with van der Waals surface area (Å²) in [6.45, 7) is 8.27. The minimum absolute atomic E-state index is 0.223. The second-order valence-corrected chi connectivity index (χ2v) is 5.62. The summed E-state index contributed by atoms with van der Waals surface area (Å²) in [6, 6.07) is 9.14. The van der Waals surface area contributed by atoms with Crippen LogP contribution in [-0.2, 0) is 9.59 Å². The van der Waals surface area contributed by atoms with Gasteiger partial charge in [-0.05, 0) is 45.0 Å². The van der Waals surface area contributed by atoms with Crippen molar-refractivity contribution < 1.29 is 32.6 Å². The highest BCUT2D eigenvalue weighted by Crippen LogP contribution is 2.34. The Morgan fingerprint density at radius 1 is 1.15 bits per heavy atom. The summed E-state index contributed by atoms with van der Waals surface area (Å²) >= 11 is 0. The molecule has 0 radical (unpaired) electrons. The maximum absolute atomic E-state index is 12.6. The van der Waals surface area contributed by atoms with Crippen LogP contribution in [-0.4, -0.2) is 36.8 Å². The smallest absolute Gasteiger partial charge is 0.475 e. The van der Waals surface area contributed by atoms with Crippen molar-refractivity contribution in [1.82, 2.24) is 5.32 Å². The van der Waals surface area contributed by atoms with E-state index < -0.39 is 17.6 Å². The van der Waals surface area contributed by atoms with Gasteiger partial charge in [0.1, 0.15) is 5.75 Å². The van der Waals surface area contributed by atoms with Gasteiger partial charge in [0.15, 0.2) is 0 Å². The molecule has 0 spiro atoms. The molecule has 0 atom stereocenters. The molecule has 0 unspecified atom stereocenters. The van der Waals surface area contributed by atoms with E-state index in [1.54, 1.807) is 24.3 Å². The SMILES string of the molecule is C=CCC(CC=C)(CCNC)C(=O)Oc1ccccc1.O=C(O)C(F)(F)F. The predicted octanol–water partition coefficient (Wildman–Crippen LogP) is 3.97. The van der Waals surface area contributed by atoms with Crippen LogP contribution in [0.4, 0.5) is 13.2 Å². The van der Waals surface area contributed by atoms with Gasteiger partial charge in [-0.3, -0.25) is 4.79 Å². The van der Waals surface area contributed by atoms with Gasteiger partial charge in [-0.1, -0.05) is 30.4 Å². The summed E-state index contributed by atoms with van der Waals surface area (Å²) in [5.74, 6) is -2.41. The van der Waals surface area contributed by atoms with E-state index in [4.69, 9.17) is 14.6 Å². The van der Waals surface area contributed by atoms with Crippen LogP contribution in [0.5, 0.6) is 5.75 Å². The van der Waals surface area contributed by atoms with Crippen molar-refractivity contribution in [2.24, 2.45) is 5.41 Å². The molecule has 0 aliphatic carbocycles. The lowest BCUT2D eigenvalue weighted by Gasteiger charge is -2.29. The van der Waals surface area contributed by atoms with Gasteiger partial charge in [-0.25, -0.2) is 4.79 Å². The molecule has 1 rings (SSSR count). The topological polar surface area (TPSA) is 75.6 Å². The molecule has 0 aliphatic heterocycles. The Bertz CT molecular complexity index is 605. The molecule has 0 aliphatic rings. The second-order valence-electron chi connectivity index (χ2n) is 5.62. The third-order valence-corrected chi connectivity index (χ3v) is 3.55. The van der Waals surface area contributed by atoms with Gasteiger partial charge < -0.3 is 15.2 Å². The van der Waals surface area contributed by atoms with Crippen LogP contribution < -0.4 is 10.1 Å². The Morgan fingerprint density at radius 2 is 1.63 bits per heavy atom. The second kappa shape index (κ2) is 11.9. The van der Waals surface area contributed by atoms with Crippen LogP contribution in [0.1, 0.15) is 19.3 Å². The maximum Gasteiger partial charge on any atom is 0.490 e. The highest BCUT2D eigenvalue weighted by Gasteiger charge is 2.38. The Balaban J connectivity index is 0.000000821. The Morgan fingerprint density at radius 3 is 2.00 bits per heavy atom. The van der Waals surface area contributed by atoms with Crippen LogP contribution >= 0.6 is 0 Å². The van der Waals surface area contributed by atoms with E-state index in [2.05, 4.69) is 18.5 Å². The van der Waals surface area contributed by atoms with Gasteiger partial charge in [0, 0.05) is 0 Å². The van der Waals surface area contributed by atoms with Crippen molar-refractivity contribution in [2.75, 3.05) is 13.6 Å². The highest BCUT2D eigenvalue weighted by atomic mass is 19.4. The first-order valence-electron chi connectivity index (χ1n) is 8.06. The average molecular weight is 387 g/mol. The van der Waals surface area contributed by atoms with Crippen molar-refractivity contribution in [3.63, 3.8) is 0 Å². The number of carboxylic acid groups (broad SMARTS) is 1. The lowest BCUT2D eigenvalue weighted by molar-refractivity contribution is -0.192. The molecule has 0 saturated carbocycles. The monoisotopic (exact) mass is 387 g/mol. The number of esters is 1. The van der Waals surface area contributed by atoms with E-state index in [0.717, 1.165) is 6.54 Å². The molecule has 150 valence electrons. The molecule has 0 heterocycles. The largest absolute Gasteiger partial charge is 0.490 e. The number of carboxylic acids is 1. The van der Waals surface area contributed by atoms with Crippen molar-refractivity contribution in [3.8, 4) is 5.75 Å². The number of aliphatic carboxylic acids is 1. The van der Waals surface area contributed by atoms with Crippen LogP contribution in [0.3, 0.4) is 0 Å². The average Bonchev–Trinajstić information content (AvgIpc) is 2.60. The van der Waals surface area contributed by atoms with Gasteiger partial charge in [-0.15, -0.1) is 13.2 Å². The molecule has 1 aromatic rings. The Labute approximate surface area is 156 Å². The summed E-state index contributed by atoms with van der Waals surface area (Å²) < 4.78 is 37.3. The van der Waals surface area contributed by atoms with Crippen molar-refractivity contribution in [3.05, 3.63) is 55.6 Å². The number of hydrogen-bond acceptors (Lipinski definition) is 4. The molecule has 0 bridgehead atoms. The lowest BCUT2D eigenvalue weighted by atomic mass is 9.78. The van der Waals surface area contributed by atoms with E-state index in [1.165, 1.54) is 0 Å². The van der Waals surface area contributed by atoms with E-state index in [1.807, 2.05) is 25.2 Å². The van der Waals surface area contributed by atoms with Crippen LogP contribution in [0.25, 0.3) is 0 Å². The zero-order valence-electron chi connectivity index (χ0n) is 15.1. The standard InChI is InChI=1S/C17H23NO2.C2HF3O2/c1-4-11-17(12-5-2,13-14-18-3)16(19)20-15-9-7-6-8-10-15;3-2(4,5)1(6)7/h4-10,18H,1-2,11-14H2,3H3;(H,6,7). The first kappa shape index (κ1) is 24.4. The predicted molar refractivity (Wildman–Crippen MR) is 96.4 cm³/mol. The summed E-state index contributed by atoms with van der Waals surface area (Å²) in [4.78, 5) is 21.5. The van der Waals surface area contributed by atoms with Crippen LogP contribution in [0, 0.1) is 5.41 Å². The van der Waals surface area contributed by atoms with Gasteiger partial charge in [0.25, 0.3) is 0 Å². The van der Waals surface area contributed by atoms with E-state index in [9.17, 15) is 18.0 Å². The molecule has 0 saturated heterocycles. The summed E-state index contributed by atoms with van der Waals surface area (Å²) in [6.07, 6.45) is 0.294. The quantitative estimate of drug-likeness (QED) is 0.381. The lowest BCUT2D eigenvalue weighted by Crippen LogP contribution is -2.36. The molecular weight excluding hydrogens is 363 g/mol. The number of nitrogens with one attached hydrogen (secondary N) is 1.